The van der Waals surface area contributed by atoms with Gasteiger partial charge < -0.3 is 19.1 Å². The highest BCUT2D eigenvalue weighted by atomic mass is 16.5. The number of carbonyl (C=O) groups is 1. The molecule has 1 fully saturated rings. The second kappa shape index (κ2) is 11.5. The molecular formula is C25H38N4O3. The maximum Gasteiger partial charge on any atom is 0.292 e. The van der Waals surface area contributed by atoms with E-state index < -0.39 is 0 Å². The molecule has 1 atom stereocenters. The molecule has 0 N–H and O–H groups in total. The van der Waals surface area contributed by atoms with Gasteiger partial charge in [-0.15, -0.1) is 0 Å². The van der Waals surface area contributed by atoms with Crippen LogP contribution >= 0.6 is 0 Å². The van der Waals surface area contributed by atoms with Crippen LogP contribution in [0.3, 0.4) is 0 Å². The zero-order valence-corrected chi connectivity index (χ0v) is 20.2. The number of rotatable bonds is 10. The minimum absolute atomic E-state index is 0.0619. The Morgan fingerprint density at radius 3 is 2.75 bits per heavy atom. The van der Waals surface area contributed by atoms with Crippen molar-refractivity contribution < 1.29 is 14.1 Å². The van der Waals surface area contributed by atoms with E-state index in [2.05, 4.69) is 27.1 Å². The highest BCUT2D eigenvalue weighted by molar-refractivity contribution is 5.91. The van der Waals surface area contributed by atoms with Crippen molar-refractivity contribution in [3.63, 3.8) is 0 Å². The van der Waals surface area contributed by atoms with Gasteiger partial charge in [0.05, 0.1) is 12.8 Å². The first-order valence-corrected chi connectivity index (χ1v) is 11.6. The summed E-state index contributed by atoms with van der Waals surface area (Å²) in [6.07, 6.45) is 2.26. The van der Waals surface area contributed by atoms with Crippen molar-refractivity contribution in [3.8, 4) is 5.75 Å². The van der Waals surface area contributed by atoms with Crippen LogP contribution in [0.4, 0.5) is 0 Å². The van der Waals surface area contributed by atoms with Gasteiger partial charge in [-0.25, -0.2) is 0 Å². The lowest BCUT2D eigenvalue weighted by molar-refractivity contribution is 0.0621. The molecule has 1 unspecified atom stereocenters. The number of methoxy groups -OCH3 is 1. The first-order chi connectivity index (χ1) is 15.4. The predicted octanol–water partition coefficient (Wildman–Crippen LogP) is 3.72. The molecule has 176 valence electrons. The van der Waals surface area contributed by atoms with E-state index >= 15 is 0 Å². The molecule has 0 aliphatic carbocycles. The van der Waals surface area contributed by atoms with Crippen LogP contribution in [0.2, 0.25) is 0 Å². The summed E-state index contributed by atoms with van der Waals surface area (Å²) >= 11 is 0. The van der Waals surface area contributed by atoms with Crippen LogP contribution in [0.1, 0.15) is 54.4 Å². The van der Waals surface area contributed by atoms with Crippen molar-refractivity contribution in [2.45, 2.75) is 39.2 Å². The quantitative estimate of drug-likeness (QED) is 0.559. The topological polar surface area (TPSA) is 62.1 Å². The van der Waals surface area contributed by atoms with Crippen molar-refractivity contribution >= 4 is 5.91 Å². The lowest BCUT2D eigenvalue weighted by atomic mass is 9.96. The second-order valence-corrected chi connectivity index (χ2v) is 9.38. The maximum absolute atomic E-state index is 13.3. The Balaban J connectivity index is 1.67. The van der Waals surface area contributed by atoms with E-state index in [9.17, 15) is 4.79 Å². The number of hydrogen-bond donors (Lipinski definition) is 0. The summed E-state index contributed by atoms with van der Waals surface area (Å²) in [7, 11) is 5.79. The normalized spacial score (nSPS) is 17.2. The van der Waals surface area contributed by atoms with Gasteiger partial charge in [0.1, 0.15) is 5.75 Å². The van der Waals surface area contributed by atoms with Crippen molar-refractivity contribution in [2.24, 2.45) is 5.92 Å². The Morgan fingerprint density at radius 1 is 1.28 bits per heavy atom. The van der Waals surface area contributed by atoms with Gasteiger partial charge >= 0.3 is 0 Å². The first kappa shape index (κ1) is 24.3. The SMILES string of the molecule is COc1ccccc1CN1CCCC(CN(CCN(C)C)C(=O)c2cc(C(C)C)no2)C1. The summed E-state index contributed by atoms with van der Waals surface area (Å²) in [5.74, 6) is 1.88. The molecule has 0 radical (unpaired) electrons. The van der Waals surface area contributed by atoms with Gasteiger partial charge in [0.25, 0.3) is 5.91 Å². The fourth-order valence-electron chi connectivity index (χ4n) is 4.24. The fraction of sp³-hybridized carbons (Fsp3) is 0.600. The van der Waals surface area contributed by atoms with E-state index in [-0.39, 0.29) is 11.8 Å². The lowest BCUT2D eigenvalue weighted by Crippen LogP contribution is -2.44. The Kier molecular flexibility index (Phi) is 8.70. The molecular weight excluding hydrogens is 404 g/mol. The third-order valence-electron chi connectivity index (χ3n) is 6.10. The van der Waals surface area contributed by atoms with E-state index in [0.717, 1.165) is 57.0 Å². The number of benzene rings is 1. The van der Waals surface area contributed by atoms with Crippen molar-refractivity contribution in [2.75, 3.05) is 53.9 Å². The second-order valence-electron chi connectivity index (χ2n) is 9.38. The Hall–Kier alpha value is -2.38. The molecule has 2 heterocycles. The lowest BCUT2D eigenvalue weighted by Gasteiger charge is -2.36. The molecule has 1 aliphatic rings. The first-order valence-electron chi connectivity index (χ1n) is 11.6. The minimum Gasteiger partial charge on any atom is -0.496 e. The number of piperidine rings is 1. The van der Waals surface area contributed by atoms with Crippen LogP contribution < -0.4 is 4.74 Å². The minimum atomic E-state index is -0.0619. The van der Waals surface area contributed by atoms with Crippen LogP contribution in [-0.2, 0) is 6.54 Å². The summed E-state index contributed by atoms with van der Waals surface area (Å²) < 4.78 is 10.9. The molecule has 2 aromatic rings. The van der Waals surface area contributed by atoms with Crippen LogP contribution in [0.25, 0.3) is 0 Å². The molecule has 1 aromatic carbocycles. The number of hydrogen-bond acceptors (Lipinski definition) is 6. The van der Waals surface area contributed by atoms with Crippen LogP contribution in [0.5, 0.6) is 5.75 Å². The average Bonchev–Trinajstić information content (AvgIpc) is 3.27. The molecule has 3 rings (SSSR count). The number of para-hydroxylation sites is 1. The van der Waals surface area contributed by atoms with E-state index in [0.29, 0.717) is 18.2 Å². The highest BCUT2D eigenvalue weighted by Gasteiger charge is 2.27. The van der Waals surface area contributed by atoms with Crippen LogP contribution in [-0.4, -0.2) is 79.7 Å². The summed E-state index contributed by atoms with van der Waals surface area (Å²) in [5.41, 5.74) is 2.03. The predicted molar refractivity (Wildman–Crippen MR) is 126 cm³/mol. The Labute approximate surface area is 192 Å². The number of likely N-dealkylation sites (tertiary alicyclic amines) is 1. The molecule has 7 nitrogen and oxygen atoms in total. The van der Waals surface area contributed by atoms with E-state index in [1.807, 2.05) is 45.0 Å². The number of likely N-dealkylation sites (N-methyl/N-ethyl adjacent to an activating group) is 1. The molecule has 1 amide bonds. The van der Waals surface area contributed by atoms with Crippen molar-refractivity contribution in [1.82, 2.24) is 19.9 Å². The third kappa shape index (κ3) is 6.56. The Bertz CT molecular complexity index is 864. The largest absolute Gasteiger partial charge is 0.496 e. The average molecular weight is 443 g/mol. The number of amides is 1. The van der Waals surface area contributed by atoms with Gasteiger partial charge in [0.2, 0.25) is 5.76 Å². The molecule has 0 saturated carbocycles. The molecule has 32 heavy (non-hydrogen) atoms. The van der Waals surface area contributed by atoms with Crippen LogP contribution in [0.15, 0.2) is 34.9 Å². The van der Waals surface area contributed by atoms with E-state index in [1.54, 1.807) is 13.2 Å². The molecule has 1 saturated heterocycles. The smallest absolute Gasteiger partial charge is 0.292 e. The molecule has 7 heteroatoms. The Morgan fingerprint density at radius 2 is 2.06 bits per heavy atom. The molecule has 0 spiro atoms. The summed E-state index contributed by atoms with van der Waals surface area (Å²) in [5, 5.41) is 4.08. The monoisotopic (exact) mass is 442 g/mol. The molecule has 1 aliphatic heterocycles. The van der Waals surface area contributed by atoms with E-state index in [1.165, 1.54) is 5.56 Å². The van der Waals surface area contributed by atoms with Gasteiger partial charge in [-0.2, -0.15) is 0 Å². The fourth-order valence-corrected chi connectivity index (χ4v) is 4.24. The van der Waals surface area contributed by atoms with Crippen LogP contribution in [0, 0.1) is 5.92 Å². The van der Waals surface area contributed by atoms with Gasteiger partial charge in [-0.05, 0) is 51.4 Å². The summed E-state index contributed by atoms with van der Waals surface area (Å²) in [6, 6.07) is 10.0. The van der Waals surface area contributed by atoms with Crippen molar-refractivity contribution in [3.05, 3.63) is 47.3 Å². The maximum atomic E-state index is 13.3. The summed E-state index contributed by atoms with van der Waals surface area (Å²) in [4.78, 5) is 19.8. The van der Waals surface area contributed by atoms with E-state index in [4.69, 9.17) is 9.26 Å². The molecule has 1 aromatic heterocycles. The zero-order chi connectivity index (χ0) is 23.1. The zero-order valence-electron chi connectivity index (χ0n) is 20.2. The molecule has 0 bridgehead atoms. The number of ether oxygens (including phenoxy) is 1. The number of aromatic nitrogens is 1. The number of carbonyl (C=O) groups excluding carboxylic acids is 1. The summed E-state index contributed by atoms with van der Waals surface area (Å²) in [6.45, 7) is 9.22. The third-order valence-corrected chi connectivity index (χ3v) is 6.10. The van der Waals surface area contributed by atoms with Gasteiger partial charge in [0, 0.05) is 44.4 Å². The van der Waals surface area contributed by atoms with Gasteiger partial charge in [-0.3, -0.25) is 9.69 Å². The highest BCUT2D eigenvalue weighted by Crippen LogP contribution is 2.24. The number of nitrogens with zero attached hydrogens (tertiary/aromatic N) is 4. The van der Waals surface area contributed by atoms with Gasteiger partial charge in [0.15, 0.2) is 0 Å². The standard InChI is InChI=1S/C25H38N4O3/c1-19(2)22-15-24(32-26-22)25(30)29(14-13-27(3)4)17-20-9-8-12-28(16-20)18-21-10-6-7-11-23(21)31-5/h6-7,10-11,15,19-20H,8-9,12-14,16-18H2,1-5H3. The van der Waals surface area contributed by atoms with Crippen molar-refractivity contribution in [1.29, 1.82) is 0 Å². The van der Waals surface area contributed by atoms with Gasteiger partial charge in [-0.1, -0.05) is 37.2 Å².